The van der Waals surface area contributed by atoms with Gasteiger partial charge in [-0.15, -0.1) is 10.2 Å². The molecule has 0 aliphatic carbocycles. The molecule has 24 heavy (non-hydrogen) atoms. The maximum absolute atomic E-state index is 11.4. The van der Waals surface area contributed by atoms with E-state index >= 15 is 0 Å². The van der Waals surface area contributed by atoms with E-state index in [1.54, 1.807) is 34.9 Å². The number of hydrogen-bond donors (Lipinski definition) is 1. The van der Waals surface area contributed by atoms with E-state index in [-0.39, 0.29) is 11.5 Å². The number of aromatic nitrogens is 2. The molecule has 7 heteroatoms. The summed E-state index contributed by atoms with van der Waals surface area (Å²) in [5, 5.41) is 17.6. The van der Waals surface area contributed by atoms with Gasteiger partial charge in [0.15, 0.2) is 11.5 Å². The Balaban J connectivity index is 2.00. The Labute approximate surface area is 138 Å². The Bertz CT molecular complexity index is 913. The van der Waals surface area contributed by atoms with E-state index in [9.17, 15) is 9.90 Å². The van der Waals surface area contributed by atoms with Gasteiger partial charge in [0.2, 0.25) is 0 Å². The molecule has 1 N–H and O–H groups in total. The molecule has 0 saturated heterocycles. The average Bonchev–Trinajstić information content (AvgIpc) is 2.95. The molecule has 0 radical (unpaired) electrons. The lowest BCUT2D eigenvalue weighted by atomic mass is 10.3. The first-order valence-corrected chi connectivity index (χ1v) is 7.45. The first-order chi connectivity index (χ1) is 11.6. The molecule has 0 saturated carbocycles. The summed E-state index contributed by atoms with van der Waals surface area (Å²) in [6.07, 6.45) is 1.72. The van der Waals surface area contributed by atoms with Gasteiger partial charge in [0, 0.05) is 6.20 Å². The molecule has 7 nitrogen and oxygen atoms in total. The number of aryl methyl sites for hydroxylation is 1. The normalized spacial score (nSPS) is 11.2. The van der Waals surface area contributed by atoms with Crippen LogP contribution in [0.4, 0.5) is 11.5 Å². The number of hydrogen-bond acceptors (Lipinski definition) is 5. The van der Waals surface area contributed by atoms with E-state index in [2.05, 4.69) is 15.2 Å². The number of imidazole rings is 1. The summed E-state index contributed by atoms with van der Waals surface area (Å²) < 4.78 is 6.99. The predicted molar refractivity (Wildman–Crippen MR) is 88.7 cm³/mol. The highest BCUT2D eigenvalue weighted by Gasteiger charge is 2.19. The molecule has 0 unspecified atom stereocenters. The second-order valence-corrected chi connectivity index (χ2v) is 5.10. The van der Waals surface area contributed by atoms with Gasteiger partial charge < -0.3 is 9.84 Å². The van der Waals surface area contributed by atoms with Crippen LogP contribution in [0.1, 0.15) is 23.0 Å². The van der Waals surface area contributed by atoms with Gasteiger partial charge in [-0.3, -0.25) is 4.40 Å². The lowest BCUT2D eigenvalue weighted by Crippen LogP contribution is -1.96. The number of carbonyl (C=O) groups is 1. The molecule has 0 spiro atoms. The molecular formula is C17H16N4O3. The molecule has 0 aliphatic rings. The van der Waals surface area contributed by atoms with Crippen LogP contribution in [0.5, 0.6) is 5.75 Å². The van der Waals surface area contributed by atoms with Gasteiger partial charge in [-0.2, -0.15) is 0 Å². The molecule has 0 bridgehead atoms. The summed E-state index contributed by atoms with van der Waals surface area (Å²) >= 11 is 0. The maximum Gasteiger partial charge on any atom is 0.358 e. The molecule has 3 rings (SSSR count). The van der Waals surface area contributed by atoms with E-state index in [0.717, 1.165) is 11.3 Å². The van der Waals surface area contributed by atoms with Crippen molar-refractivity contribution in [1.82, 2.24) is 9.38 Å². The van der Waals surface area contributed by atoms with Crippen LogP contribution in [0.15, 0.2) is 52.8 Å². The molecule has 122 valence electrons. The number of carboxylic acid groups (broad SMARTS) is 1. The standard InChI is InChI=1S/C17H16N4O3/c1-3-24-13-8-6-12(7-9-13)19-20-16-14(17(22)23)18-15-11(2)5-4-10-21(15)16/h4-10H,3H2,1-2H3,(H,22,23). The lowest BCUT2D eigenvalue weighted by Gasteiger charge is -2.01. The fourth-order valence-electron chi connectivity index (χ4n) is 2.31. The van der Waals surface area contributed by atoms with Crippen LogP contribution >= 0.6 is 0 Å². The van der Waals surface area contributed by atoms with Gasteiger partial charge in [0.1, 0.15) is 11.4 Å². The van der Waals surface area contributed by atoms with Crippen molar-refractivity contribution in [2.45, 2.75) is 13.8 Å². The summed E-state index contributed by atoms with van der Waals surface area (Å²) in [6, 6.07) is 10.8. The summed E-state index contributed by atoms with van der Waals surface area (Å²) in [4.78, 5) is 15.6. The fraction of sp³-hybridized carbons (Fsp3) is 0.176. The fourth-order valence-corrected chi connectivity index (χ4v) is 2.31. The van der Waals surface area contributed by atoms with Gasteiger partial charge in [-0.05, 0) is 49.7 Å². The lowest BCUT2D eigenvalue weighted by molar-refractivity contribution is 0.0692. The van der Waals surface area contributed by atoms with Crippen molar-refractivity contribution in [3.63, 3.8) is 0 Å². The number of pyridine rings is 1. The summed E-state index contributed by atoms with van der Waals surface area (Å²) in [5.41, 5.74) is 1.88. The quantitative estimate of drug-likeness (QED) is 0.714. The number of azo groups is 1. The van der Waals surface area contributed by atoms with Crippen LogP contribution in [-0.2, 0) is 0 Å². The number of carboxylic acids is 1. The van der Waals surface area contributed by atoms with E-state index < -0.39 is 5.97 Å². The number of ether oxygens (including phenoxy) is 1. The molecular weight excluding hydrogens is 308 g/mol. The predicted octanol–water partition coefficient (Wildman–Crippen LogP) is 4.16. The Hall–Kier alpha value is -3.22. The molecule has 0 atom stereocenters. The highest BCUT2D eigenvalue weighted by molar-refractivity contribution is 5.92. The first kappa shape index (κ1) is 15.7. The van der Waals surface area contributed by atoms with Crippen molar-refractivity contribution < 1.29 is 14.6 Å². The van der Waals surface area contributed by atoms with Crippen molar-refractivity contribution >= 4 is 23.1 Å². The van der Waals surface area contributed by atoms with E-state index in [1.807, 2.05) is 26.0 Å². The third-order valence-electron chi connectivity index (χ3n) is 3.43. The van der Waals surface area contributed by atoms with Crippen LogP contribution in [-0.4, -0.2) is 27.1 Å². The summed E-state index contributed by atoms with van der Waals surface area (Å²) in [7, 11) is 0. The molecule has 2 heterocycles. The molecule has 0 amide bonds. The van der Waals surface area contributed by atoms with Crippen molar-refractivity contribution in [1.29, 1.82) is 0 Å². The molecule has 1 aromatic carbocycles. The number of rotatable bonds is 5. The van der Waals surface area contributed by atoms with Gasteiger partial charge >= 0.3 is 5.97 Å². The van der Waals surface area contributed by atoms with Gasteiger partial charge in [-0.1, -0.05) is 6.07 Å². The Morgan fingerprint density at radius 2 is 2.00 bits per heavy atom. The van der Waals surface area contributed by atoms with E-state index in [0.29, 0.717) is 17.9 Å². The first-order valence-electron chi connectivity index (χ1n) is 7.45. The monoisotopic (exact) mass is 324 g/mol. The van der Waals surface area contributed by atoms with Crippen LogP contribution in [0.3, 0.4) is 0 Å². The number of benzene rings is 1. The maximum atomic E-state index is 11.4. The molecule has 0 aliphatic heterocycles. The van der Waals surface area contributed by atoms with Gasteiger partial charge in [0.25, 0.3) is 0 Å². The second-order valence-electron chi connectivity index (χ2n) is 5.10. The Kier molecular flexibility index (Phi) is 4.24. The van der Waals surface area contributed by atoms with E-state index in [4.69, 9.17) is 4.74 Å². The zero-order chi connectivity index (χ0) is 17.1. The number of aromatic carboxylic acids is 1. The molecule has 0 fully saturated rings. The topological polar surface area (TPSA) is 88.5 Å². The van der Waals surface area contributed by atoms with Crippen molar-refractivity contribution in [3.8, 4) is 5.75 Å². The minimum atomic E-state index is -1.14. The van der Waals surface area contributed by atoms with Crippen LogP contribution < -0.4 is 4.74 Å². The van der Waals surface area contributed by atoms with Crippen LogP contribution in [0.2, 0.25) is 0 Å². The van der Waals surface area contributed by atoms with Gasteiger partial charge in [-0.25, -0.2) is 9.78 Å². The minimum absolute atomic E-state index is 0.126. The minimum Gasteiger partial charge on any atom is -0.494 e. The van der Waals surface area contributed by atoms with Crippen molar-refractivity contribution in [2.75, 3.05) is 6.61 Å². The Morgan fingerprint density at radius 3 is 2.67 bits per heavy atom. The molecule has 3 aromatic rings. The zero-order valence-corrected chi connectivity index (χ0v) is 13.3. The van der Waals surface area contributed by atoms with E-state index in [1.165, 1.54) is 0 Å². The highest BCUT2D eigenvalue weighted by atomic mass is 16.5. The largest absolute Gasteiger partial charge is 0.494 e. The number of fused-ring (bicyclic) bond motifs is 1. The molecule has 2 aromatic heterocycles. The van der Waals surface area contributed by atoms with Crippen molar-refractivity contribution in [3.05, 3.63) is 53.9 Å². The summed E-state index contributed by atoms with van der Waals surface area (Å²) in [5.74, 6) is -0.207. The SMILES string of the molecule is CCOc1ccc(N=Nc2c(C(=O)O)nc3c(C)cccn23)cc1. The average molecular weight is 324 g/mol. The van der Waals surface area contributed by atoms with Crippen LogP contribution in [0.25, 0.3) is 5.65 Å². The third-order valence-corrected chi connectivity index (χ3v) is 3.43. The Morgan fingerprint density at radius 1 is 1.25 bits per heavy atom. The second kappa shape index (κ2) is 6.49. The smallest absolute Gasteiger partial charge is 0.358 e. The highest BCUT2D eigenvalue weighted by Crippen LogP contribution is 2.26. The van der Waals surface area contributed by atoms with Gasteiger partial charge in [0.05, 0.1) is 12.3 Å². The van der Waals surface area contributed by atoms with Crippen molar-refractivity contribution in [2.24, 2.45) is 10.2 Å². The third kappa shape index (κ3) is 2.96. The number of nitrogens with zero attached hydrogens (tertiary/aromatic N) is 4. The van der Waals surface area contributed by atoms with Crippen LogP contribution in [0, 0.1) is 6.92 Å². The summed E-state index contributed by atoms with van der Waals surface area (Å²) in [6.45, 7) is 4.36. The zero-order valence-electron chi connectivity index (χ0n) is 13.3.